The molecule has 6 nitrogen and oxygen atoms in total. The largest absolute Gasteiger partial charge is 0.360 e. The highest BCUT2D eigenvalue weighted by molar-refractivity contribution is 7.15. The van der Waals surface area contributed by atoms with Gasteiger partial charge in [-0.3, -0.25) is 10.1 Å². The Bertz CT molecular complexity index is 920. The molecule has 0 radical (unpaired) electrons. The van der Waals surface area contributed by atoms with Crippen LogP contribution in [0.3, 0.4) is 0 Å². The van der Waals surface area contributed by atoms with Crippen molar-refractivity contribution >= 4 is 34.0 Å². The van der Waals surface area contributed by atoms with E-state index in [1.54, 1.807) is 6.92 Å². The van der Waals surface area contributed by atoms with E-state index in [0.29, 0.717) is 5.13 Å². The predicted molar refractivity (Wildman–Crippen MR) is 98.1 cm³/mol. The van der Waals surface area contributed by atoms with Gasteiger partial charge in [-0.05, 0) is 25.5 Å². The molecule has 2 heterocycles. The van der Waals surface area contributed by atoms with Crippen LogP contribution in [0.15, 0.2) is 22.7 Å². The summed E-state index contributed by atoms with van der Waals surface area (Å²) in [5.74, 6) is -0.832. The summed E-state index contributed by atoms with van der Waals surface area (Å²) in [4.78, 5) is 12.7. The Labute approximate surface area is 158 Å². The van der Waals surface area contributed by atoms with Crippen LogP contribution in [0.25, 0.3) is 11.3 Å². The van der Waals surface area contributed by atoms with Crippen LogP contribution in [0.1, 0.15) is 40.9 Å². The molecule has 0 saturated carbocycles. The van der Waals surface area contributed by atoms with Crippen LogP contribution in [-0.4, -0.2) is 21.3 Å². The summed E-state index contributed by atoms with van der Waals surface area (Å²) in [6.07, 6.45) is 2.86. The summed E-state index contributed by atoms with van der Waals surface area (Å²) < 4.78 is 19.3. The van der Waals surface area contributed by atoms with E-state index >= 15 is 0 Å². The minimum Gasteiger partial charge on any atom is -0.360 e. The second kappa shape index (κ2) is 7.92. The van der Waals surface area contributed by atoms with E-state index in [4.69, 9.17) is 16.1 Å². The quantitative estimate of drug-likeness (QED) is 0.643. The van der Waals surface area contributed by atoms with Gasteiger partial charge in [0.1, 0.15) is 27.8 Å². The van der Waals surface area contributed by atoms with Gasteiger partial charge in [0.15, 0.2) is 0 Å². The number of unbranched alkanes of at least 4 members (excludes halogenated alkanes) is 1. The molecule has 0 aliphatic rings. The molecule has 1 aromatic carbocycles. The van der Waals surface area contributed by atoms with Gasteiger partial charge >= 0.3 is 0 Å². The molecule has 9 heteroatoms. The highest BCUT2D eigenvalue weighted by atomic mass is 35.5. The zero-order chi connectivity index (χ0) is 18.7. The maximum atomic E-state index is 14.2. The van der Waals surface area contributed by atoms with Gasteiger partial charge in [0.05, 0.1) is 10.6 Å². The van der Waals surface area contributed by atoms with Gasteiger partial charge in [0, 0.05) is 6.42 Å². The number of aromatic nitrogens is 3. The fourth-order valence-corrected chi connectivity index (χ4v) is 3.46. The topological polar surface area (TPSA) is 80.9 Å². The lowest BCUT2D eigenvalue weighted by Crippen LogP contribution is -2.13. The second-order valence-electron chi connectivity index (χ2n) is 5.62. The van der Waals surface area contributed by atoms with Crippen LogP contribution >= 0.6 is 22.9 Å². The van der Waals surface area contributed by atoms with E-state index in [0.717, 1.165) is 24.3 Å². The summed E-state index contributed by atoms with van der Waals surface area (Å²) in [7, 11) is 0. The lowest BCUT2D eigenvalue weighted by molar-refractivity contribution is 0.102. The first-order valence-corrected chi connectivity index (χ1v) is 9.25. The van der Waals surface area contributed by atoms with Crippen molar-refractivity contribution in [3.8, 4) is 11.3 Å². The van der Waals surface area contributed by atoms with Crippen molar-refractivity contribution in [2.45, 2.75) is 33.1 Å². The summed E-state index contributed by atoms with van der Waals surface area (Å²) in [5, 5.41) is 15.9. The molecule has 0 bridgehead atoms. The molecule has 0 atom stereocenters. The number of benzene rings is 1. The van der Waals surface area contributed by atoms with Crippen molar-refractivity contribution in [2.24, 2.45) is 0 Å². The highest BCUT2D eigenvalue weighted by Gasteiger charge is 2.26. The third-order valence-electron chi connectivity index (χ3n) is 3.72. The summed E-state index contributed by atoms with van der Waals surface area (Å²) in [6.45, 7) is 3.67. The van der Waals surface area contributed by atoms with E-state index in [-0.39, 0.29) is 27.6 Å². The number of anilines is 1. The molecular weight excluding hydrogens is 379 g/mol. The normalized spacial score (nSPS) is 10.9. The number of nitrogens with one attached hydrogen (secondary N) is 1. The molecule has 3 rings (SSSR count). The van der Waals surface area contributed by atoms with Crippen molar-refractivity contribution in [1.29, 1.82) is 0 Å². The van der Waals surface area contributed by atoms with Crippen molar-refractivity contribution in [2.75, 3.05) is 5.32 Å². The third kappa shape index (κ3) is 3.76. The number of halogens is 2. The molecule has 0 unspecified atom stereocenters. The van der Waals surface area contributed by atoms with Crippen molar-refractivity contribution in [1.82, 2.24) is 15.4 Å². The summed E-state index contributed by atoms with van der Waals surface area (Å²) in [5.41, 5.74) is 0.193. The Balaban J connectivity index is 1.89. The smallest absolute Gasteiger partial charge is 0.263 e. The number of nitrogens with zero attached hydrogens (tertiary/aromatic N) is 3. The van der Waals surface area contributed by atoms with Crippen LogP contribution < -0.4 is 5.32 Å². The van der Waals surface area contributed by atoms with Gasteiger partial charge in [-0.1, -0.05) is 47.5 Å². The molecule has 0 aliphatic heterocycles. The molecule has 3 aromatic rings. The summed E-state index contributed by atoms with van der Waals surface area (Å²) in [6, 6.07) is 4.25. The molecule has 1 amide bonds. The number of carbonyl (C=O) groups excluding carboxylic acids is 1. The highest BCUT2D eigenvalue weighted by Crippen LogP contribution is 2.33. The first-order valence-electron chi connectivity index (χ1n) is 8.05. The van der Waals surface area contributed by atoms with Gasteiger partial charge < -0.3 is 4.52 Å². The fraction of sp³-hybridized carbons (Fsp3) is 0.294. The van der Waals surface area contributed by atoms with Crippen LogP contribution in [0.2, 0.25) is 5.02 Å². The Morgan fingerprint density at radius 3 is 2.92 bits per heavy atom. The van der Waals surface area contributed by atoms with Gasteiger partial charge in [0.2, 0.25) is 5.13 Å². The lowest BCUT2D eigenvalue weighted by Gasteiger charge is -2.05. The van der Waals surface area contributed by atoms with Gasteiger partial charge in [-0.25, -0.2) is 4.39 Å². The minimum atomic E-state index is -0.586. The van der Waals surface area contributed by atoms with Crippen LogP contribution in [0, 0.1) is 12.7 Å². The second-order valence-corrected chi connectivity index (χ2v) is 7.09. The summed E-state index contributed by atoms with van der Waals surface area (Å²) >= 11 is 7.40. The predicted octanol–water partition coefficient (Wildman–Crippen LogP) is 4.89. The first-order chi connectivity index (χ1) is 12.5. The third-order valence-corrected chi connectivity index (χ3v) is 4.93. The number of amides is 1. The number of carbonyl (C=O) groups is 1. The lowest BCUT2D eigenvalue weighted by atomic mass is 10.1. The zero-order valence-electron chi connectivity index (χ0n) is 14.2. The van der Waals surface area contributed by atoms with E-state index in [1.165, 1.54) is 29.5 Å². The number of rotatable bonds is 6. The molecule has 136 valence electrons. The molecule has 2 aromatic heterocycles. The molecule has 0 spiro atoms. The maximum absolute atomic E-state index is 14.2. The molecule has 0 fully saturated rings. The van der Waals surface area contributed by atoms with Crippen LogP contribution in [-0.2, 0) is 6.42 Å². The standard InChI is InChI=1S/C17H16ClFN4O2S/c1-3-4-8-12-21-22-17(26-12)20-16(24)13-9(2)25-23-15(13)14-10(18)6-5-7-11(14)19/h5-7H,3-4,8H2,1-2H3,(H,20,22,24). The van der Waals surface area contributed by atoms with Crippen LogP contribution in [0.4, 0.5) is 9.52 Å². The van der Waals surface area contributed by atoms with E-state index in [2.05, 4.69) is 27.6 Å². The van der Waals surface area contributed by atoms with Crippen molar-refractivity contribution in [3.63, 3.8) is 0 Å². The SMILES string of the molecule is CCCCc1nnc(NC(=O)c2c(-c3c(F)cccc3Cl)noc2C)s1. The Kier molecular flexibility index (Phi) is 5.63. The van der Waals surface area contributed by atoms with E-state index in [1.807, 2.05) is 0 Å². The van der Waals surface area contributed by atoms with Gasteiger partial charge in [0.25, 0.3) is 5.91 Å². The molecule has 26 heavy (non-hydrogen) atoms. The molecule has 0 saturated heterocycles. The average molecular weight is 395 g/mol. The van der Waals surface area contributed by atoms with Crippen LogP contribution in [0.5, 0.6) is 0 Å². The molecule has 0 aliphatic carbocycles. The fourth-order valence-electron chi connectivity index (χ4n) is 2.43. The monoisotopic (exact) mass is 394 g/mol. The molecular formula is C17H16ClFN4O2S. The first kappa shape index (κ1) is 18.5. The Morgan fingerprint density at radius 2 is 2.19 bits per heavy atom. The van der Waals surface area contributed by atoms with E-state index in [9.17, 15) is 9.18 Å². The van der Waals surface area contributed by atoms with E-state index < -0.39 is 11.7 Å². The molecule has 1 N–H and O–H groups in total. The number of hydrogen-bond donors (Lipinski definition) is 1. The number of hydrogen-bond acceptors (Lipinski definition) is 6. The Hall–Kier alpha value is -2.32. The average Bonchev–Trinajstić information content (AvgIpc) is 3.19. The van der Waals surface area contributed by atoms with Gasteiger partial charge in [-0.15, -0.1) is 10.2 Å². The Morgan fingerprint density at radius 1 is 1.38 bits per heavy atom. The van der Waals surface area contributed by atoms with Crippen molar-refractivity contribution in [3.05, 3.63) is 45.4 Å². The zero-order valence-corrected chi connectivity index (χ0v) is 15.7. The van der Waals surface area contributed by atoms with Crippen molar-refractivity contribution < 1.29 is 13.7 Å². The number of aryl methyl sites for hydroxylation is 2. The minimum absolute atomic E-state index is 0.0251. The van der Waals surface area contributed by atoms with Gasteiger partial charge in [-0.2, -0.15) is 0 Å². The maximum Gasteiger partial charge on any atom is 0.263 e.